The lowest BCUT2D eigenvalue weighted by atomic mass is 9.85. The average molecular weight is 348 g/mol. The van der Waals surface area contributed by atoms with Crippen molar-refractivity contribution in [3.8, 4) is 0 Å². The summed E-state index contributed by atoms with van der Waals surface area (Å²) >= 11 is 0. The highest BCUT2D eigenvalue weighted by Crippen LogP contribution is 2.27. The number of aromatic nitrogens is 3. The number of rotatable bonds is 4. The largest absolute Gasteiger partial charge is 0.388 e. The Hall–Kier alpha value is -1.63. The molecule has 0 saturated heterocycles. The Bertz CT molecular complexity index is 603. The summed E-state index contributed by atoms with van der Waals surface area (Å²) in [5, 5.41) is 26.2. The monoisotopic (exact) mass is 348 g/mol. The van der Waals surface area contributed by atoms with Gasteiger partial charge in [0, 0.05) is 38.5 Å². The molecule has 3 rings (SSSR count). The zero-order valence-corrected chi connectivity index (χ0v) is 15.8. The van der Waals surface area contributed by atoms with Crippen molar-refractivity contribution >= 4 is 5.96 Å². The molecule has 1 aromatic rings. The van der Waals surface area contributed by atoms with Crippen molar-refractivity contribution in [2.24, 2.45) is 4.99 Å². The van der Waals surface area contributed by atoms with Gasteiger partial charge >= 0.3 is 0 Å². The highest BCUT2D eigenvalue weighted by molar-refractivity contribution is 5.80. The molecule has 0 radical (unpaired) electrons. The lowest BCUT2D eigenvalue weighted by Crippen LogP contribution is -2.51. The van der Waals surface area contributed by atoms with Gasteiger partial charge < -0.3 is 20.3 Å². The van der Waals surface area contributed by atoms with E-state index in [0.29, 0.717) is 18.5 Å². The molecule has 1 aromatic heterocycles. The minimum Gasteiger partial charge on any atom is -0.388 e. The minimum atomic E-state index is -0.589. The third-order valence-corrected chi connectivity index (χ3v) is 5.43. The Labute approximate surface area is 150 Å². The molecule has 1 atom stereocenters. The van der Waals surface area contributed by atoms with Gasteiger partial charge in [0.15, 0.2) is 5.96 Å². The van der Waals surface area contributed by atoms with Gasteiger partial charge in [0.05, 0.1) is 5.60 Å². The maximum Gasteiger partial charge on any atom is 0.191 e. The van der Waals surface area contributed by atoms with Crippen LogP contribution in [-0.4, -0.2) is 51.1 Å². The summed E-state index contributed by atoms with van der Waals surface area (Å²) in [7, 11) is 1.78. The number of guanidine groups is 1. The summed E-state index contributed by atoms with van der Waals surface area (Å²) in [5.74, 6) is 3.28. The smallest absolute Gasteiger partial charge is 0.191 e. The zero-order chi connectivity index (χ0) is 17.9. The second-order valence-electron chi connectivity index (χ2n) is 7.83. The van der Waals surface area contributed by atoms with Crippen LogP contribution in [0.1, 0.15) is 69.9 Å². The molecule has 1 aliphatic heterocycles. The third-order valence-electron chi connectivity index (χ3n) is 5.43. The number of aryl methyl sites for hydroxylation is 1. The van der Waals surface area contributed by atoms with Crippen LogP contribution < -0.4 is 10.6 Å². The van der Waals surface area contributed by atoms with Crippen molar-refractivity contribution < 1.29 is 5.11 Å². The van der Waals surface area contributed by atoms with Crippen LogP contribution in [0.25, 0.3) is 0 Å². The number of aliphatic hydroxyl groups is 1. The number of aliphatic imine (C=N–C) groups is 1. The van der Waals surface area contributed by atoms with Crippen LogP contribution in [0.15, 0.2) is 4.99 Å². The molecule has 0 aromatic carbocycles. The first-order valence-corrected chi connectivity index (χ1v) is 9.62. The molecule has 1 fully saturated rings. The lowest BCUT2D eigenvalue weighted by Gasteiger charge is -2.33. The van der Waals surface area contributed by atoms with E-state index >= 15 is 0 Å². The van der Waals surface area contributed by atoms with Crippen molar-refractivity contribution in [3.05, 3.63) is 11.6 Å². The molecule has 0 spiro atoms. The number of nitrogens with zero attached hydrogens (tertiary/aromatic N) is 4. The Morgan fingerprint density at radius 2 is 2.08 bits per heavy atom. The van der Waals surface area contributed by atoms with E-state index in [1.807, 2.05) is 0 Å². The van der Waals surface area contributed by atoms with Gasteiger partial charge in [0.25, 0.3) is 0 Å². The van der Waals surface area contributed by atoms with Gasteiger partial charge in [0.2, 0.25) is 0 Å². The fraction of sp³-hybridized carbons (Fsp3) is 0.833. The summed E-state index contributed by atoms with van der Waals surface area (Å²) < 4.78 is 2.24. The molecule has 7 heteroatoms. The van der Waals surface area contributed by atoms with Crippen LogP contribution in [0.3, 0.4) is 0 Å². The van der Waals surface area contributed by atoms with Crippen LogP contribution in [0, 0.1) is 0 Å². The van der Waals surface area contributed by atoms with Gasteiger partial charge in [0.1, 0.15) is 11.6 Å². The summed E-state index contributed by atoms with van der Waals surface area (Å²) in [4.78, 5) is 4.34. The predicted octanol–water partition coefficient (Wildman–Crippen LogP) is 1.58. The molecular formula is C18H32N6O. The van der Waals surface area contributed by atoms with Crippen molar-refractivity contribution in [1.29, 1.82) is 0 Å². The molecule has 2 aliphatic rings. The van der Waals surface area contributed by atoms with E-state index in [-0.39, 0.29) is 0 Å². The second-order valence-corrected chi connectivity index (χ2v) is 7.83. The predicted molar refractivity (Wildman–Crippen MR) is 98.8 cm³/mol. The van der Waals surface area contributed by atoms with Crippen LogP contribution >= 0.6 is 0 Å². The summed E-state index contributed by atoms with van der Waals surface area (Å²) in [6.07, 6.45) is 7.16. The SMILES string of the molecule is CN=C(NCC1(O)CCCCC1)NC1CCc2nnc(C(C)C)n2C1. The maximum atomic E-state index is 10.7. The molecule has 3 N–H and O–H groups in total. The Kier molecular flexibility index (Phi) is 5.61. The first-order chi connectivity index (χ1) is 12.0. The molecule has 0 amide bonds. The quantitative estimate of drug-likeness (QED) is 0.568. The van der Waals surface area contributed by atoms with Crippen LogP contribution in [0.4, 0.5) is 0 Å². The van der Waals surface area contributed by atoms with Crippen molar-refractivity contribution in [1.82, 2.24) is 25.4 Å². The Morgan fingerprint density at radius 3 is 2.76 bits per heavy atom. The normalized spacial score (nSPS) is 23.4. The van der Waals surface area contributed by atoms with Crippen LogP contribution in [0.2, 0.25) is 0 Å². The summed E-state index contributed by atoms with van der Waals surface area (Å²) in [6.45, 7) is 5.73. The Balaban J connectivity index is 1.56. The van der Waals surface area contributed by atoms with E-state index < -0.39 is 5.60 Å². The van der Waals surface area contributed by atoms with Gasteiger partial charge in [-0.25, -0.2) is 0 Å². The molecule has 2 heterocycles. The number of hydrogen-bond acceptors (Lipinski definition) is 4. The van der Waals surface area contributed by atoms with Crippen LogP contribution in [-0.2, 0) is 13.0 Å². The van der Waals surface area contributed by atoms with Gasteiger partial charge in [-0.05, 0) is 19.3 Å². The number of hydrogen-bond donors (Lipinski definition) is 3. The maximum absolute atomic E-state index is 10.7. The highest BCUT2D eigenvalue weighted by Gasteiger charge is 2.30. The average Bonchev–Trinajstić information content (AvgIpc) is 3.02. The van der Waals surface area contributed by atoms with E-state index in [9.17, 15) is 5.11 Å². The molecule has 1 aliphatic carbocycles. The molecule has 140 valence electrons. The molecule has 7 nitrogen and oxygen atoms in total. The zero-order valence-electron chi connectivity index (χ0n) is 15.8. The molecule has 1 saturated carbocycles. The standard InChI is InChI=1S/C18H32N6O/c1-13(2)16-23-22-15-8-7-14(11-24(15)16)21-17(19-3)20-12-18(25)9-5-4-6-10-18/h13-14,25H,4-12H2,1-3H3,(H2,19,20,21). The van der Waals surface area contributed by atoms with Crippen molar-refractivity contribution in [3.63, 3.8) is 0 Å². The molecule has 1 unspecified atom stereocenters. The van der Waals surface area contributed by atoms with Gasteiger partial charge in [-0.1, -0.05) is 33.1 Å². The number of fused-ring (bicyclic) bond motifs is 1. The summed E-state index contributed by atoms with van der Waals surface area (Å²) in [5.41, 5.74) is -0.589. The lowest BCUT2D eigenvalue weighted by molar-refractivity contribution is 0.00854. The number of nitrogens with one attached hydrogen (secondary N) is 2. The van der Waals surface area contributed by atoms with Gasteiger partial charge in [-0.15, -0.1) is 10.2 Å². The van der Waals surface area contributed by atoms with Crippen LogP contribution in [0.5, 0.6) is 0 Å². The first-order valence-electron chi connectivity index (χ1n) is 9.62. The van der Waals surface area contributed by atoms with Crippen molar-refractivity contribution in [2.75, 3.05) is 13.6 Å². The van der Waals surface area contributed by atoms with E-state index in [0.717, 1.165) is 62.7 Å². The highest BCUT2D eigenvalue weighted by atomic mass is 16.3. The van der Waals surface area contributed by atoms with E-state index in [1.165, 1.54) is 6.42 Å². The van der Waals surface area contributed by atoms with E-state index in [2.05, 4.69) is 44.2 Å². The van der Waals surface area contributed by atoms with Crippen molar-refractivity contribution in [2.45, 2.75) is 82.9 Å². The second kappa shape index (κ2) is 7.72. The minimum absolute atomic E-state index is 0.299. The summed E-state index contributed by atoms with van der Waals surface area (Å²) in [6, 6.07) is 0.299. The molecule has 25 heavy (non-hydrogen) atoms. The fourth-order valence-electron chi connectivity index (χ4n) is 3.92. The first kappa shape index (κ1) is 18.2. The van der Waals surface area contributed by atoms with Gasteiger partial charge in [-0.2, -0.15) is 0 Å². The third kappa shape index (κ3) is 4.32. The van der Waals surface area contributed by atoms with Gasteiger partial charge in [-0.3, -0.25) is 4.99 Å². The molecular weight excluding hydrogens is 316 g/mol. The molecule has 0 bridgehead atoms. The topological polar surface area (TPSA) is 87.4 Å². The van der Waals surface area contributed by atoms with E-state index in [4.69, 9.17) is 0 Å². The fourth-order valence-corrected chi connectivity index (χ4v) is 3.92. The van der Waals surface area contributed by atoms with E-state index in [1.54, 1.807) is 7.05 Å². The Morgan fingerprint density at radius 1 is 1.32 bits per heavy atom.